The van der Waals surface area contributed by atoms with Gasteiger partial charge in [0.25, 0.3) is 0 Å². The van der Waals surface area contributed by atoms with Crippen molar-refractivity contribution in [1.29, 1.82) is 0 Å². The zero-order valence-electron chi connectivity index (χ0n) is 76.2. The van der Waals surface area contributed by atoms with Crippen molar-refractivity contribution >= 4 is 582 Å². The molecule has 0 fully saturated rings. The molecule has 0 aromatic heterocycles. The summed E-state index contributed by atoms with van der Waals surface area (Å²) in [7, 11) is 0. The van der Waals surface area contributed by atoms with E-state index in [-0.39, 0.29) is 17.3 Å². The summed E-state index contributed by atoms with van der Waals surface area (Å²) >= 11 is 0. The van der Waals surface area contributed by atoms with Crippen LogP contribution in [0.3, 0.4) is 0 Å². The minimum absolute atomic E-state index is 0.109. The van der Waals surface area contributed by atoms with Crippen molar-refractivity contribution in [2.75, 3.05) is 0 Å². The summed E-state index contributed by atoms with van der Waals surface area (Å²) in [6.45, 7) is 4.99. The van der Waals surface area contributed by atoms with Gasteiger partial charge in [-0.1, -0.05) is 102 Å². The molecular weight excluding hydrogens is 1740 g/mol. The third kappa shape index (κ3) is 3.26. The highest BCUT2D eigenvalue weighted by Crippen LogP contribution is 2.91. The minimum Gasteiger partial charge on any atom is -0.0654 e. The van der Waals surface area contributed by atoms with Gasteiger partial charge in [-0.05, 0) is 672 Å². The first kappa shape index (κ1) is 56.3. The van der Waals surface area contributed by atoms with Crippen LogP contribution in [0.1, 0.15) is 157 Å². The Kier molecular flexibility index (Phi) is 5.21. The summed E-state index contributed by atoms with van der Waals surface area (Å²) in [5.41, 5.74) is 22.7. The lowest BCUT2D eigenvalue weighted by atomic mass is 9.54. The molecule has 9 aliphatic carbocycles. The maximum atomic E-state index is 3.20. The fourth-order valence-corrected chi connectivity index (χ4v) is 52.6. The molecule has 67 rings (SSSR count). The Balaban J connectivity index is 0.560. The van der Waals surface area contributed by atoms with Gasteiger partial charge < -0.3 is 0 Å². The molecular formula is C145H34. The largest absolute Gasteiger partial charge is 0.0654 e. The van der Waals surface area contributed by atoms with Gasteiger partial charge in [0.15, 0.2) is 0 Å². The van der Waals surface area contributed by atoms with E-state index in [9.17, 15) is 0 Å². The number of hydrogen-bond donors (Lipinski definition) is 0. The molecule has 58 aromatic rings. The highest BCUT2D eigenvalue weighted by Gasteiger charge is 2.69. The molecule has 0 saturated heterocycles. The van der Waals surface area contributed by atoms with Crippen LogP contribution in [0.4, 0.5) is 0 Å². The second-order valence-corrected chi connectivity index (χ2v) is 54.4. The lowest BCUT2D eigenvalue weighted by molar-refractivity contribution is 0.399. The van der Waals surface area contributed by atoms with Crippen LogP contribution < -0.4 is 0 Å². The van der Waals surface area contributed by atoms with Gasteiger partial charge in [-0.3, -0.25) is 0 Å². The molecule has 58 aromatic carbocycles. The normalized spacial score (nSPS) is 21.1. The van der Waals surface area contributed by atoms with Crippen LogP contribution in [-0.2, 0) is 16.2 Å². The fraction of sp³-hybridized carbons (Fsp3) is 0.117. The third-order valence-corrected chi connectivity index (χ3v) is 53.4. The van der Waals surface area contributed by atoms with Gasteiger partial charge in [-0.15, -0.1) is 0 Å². The molecule has 0 nitrogen and oxygen atoms in total. The molecule has 0 amide bonds. The second-order valence-electron chi connectivity index (χ2n) is 54.4. The SMILES string of the molecule is CCCCCCC1(CCCCCC)c2cc(C34c5c6c7c8c9c%10c(c%11c%12c3c3c5c5c%13c6c6c7c7c9c9c%14c%10c%10c%11c%11c%12c%12c3c3c5c5c%13c%13c6c6c7c9c7c9c%14c%10c%10c%11c%11c%12c3c3c5c5c%13c6c7c6c9c%10c%11c3c56)C84)ccc2-c2ccc(C34c5c6c7c8c9c%10c(c%11c%12c3c3c5c5c%13c6c6c7c7c9c9c%14c%10c%10c%11c%11c%12c%12c3c3c5c5c%13c%13c6c6c7c9c7c9c%14c%10c%10c%11c%11c%12c3c3c5c5c%13c6c7c6c9c%10c%11c3c56)C84)cc21. The van der Waals surface area contributed by atoms with Crippen LogP contribution in [0, 0.1) is 0 Å². The third-order valence-electron chi connectivity index (χ3n) is 53.4. The second kappa shape index (κ2) is 13.4. The Morgan fingerprint density at radius 3 is 0.428 bits per heavy atom. The molecule has 0 unspecified atom stereocenters. The standard InChI is InChI=1S/C145H34/c1-3-5-7-9-15-143(16-10-8-6-4-2)23-17-19(144-137-129-117-89-73-57-33-27-25-28-34(33)58-62-54-42(28)46-38-31(25)37-45-41(27)53-61(57)85(89)101-97-69(53)65(45)81-77-49(37)50(38)78-82-66(46)70(54)98-102-86(62)90(74(58)73)118(117)130(137)122(102)126-110(98)106(82)114-94(78)93(77)113-105(81)109(97)125(121(101)129)139(144)133(113)134(114)140(126)144)11-13-21(23)22-14-12-20(18-24(22)143)145-138-131-119-91-75-59-35-29-26-30-36(35)60-64-56-44(30)48-40-32(26)39-47-43(29)55-63(59)87(91)103-99-71(55)67(47)83-79-51(39)52(40)80-84-68(48)72(56)100-104-88(64)92(76(60)75)120(119)132(138)124(104)128-112(100)108(84)116-96(80)95(79)115-107(83)111(99)127(123(103)131)141(145)135(115)136(116)142(128)145/h11-14,17-18,137-138H,3-10,15-16H2,1-2H3. The molecule has 0 heterocycles. The molecule has 0 atom stereocenters. The van der Waals surface area contributed by atoms with Gasteiger partial charge >= 0.3 is 0 Å². The zero-order valence-corrected chi connectivity index (χ0v) is 76.2. The molecule has 0 N–H and O–H groups in total. The first-order valence-corrected chi connectivity index (χ1v) is 56.1. The smallest absolute Gasteiger partial charge is 0.0586 e. The number of hydrogen-bond acceptors (Lipinski definition) is 0. The van der Waals surface area contributed by atoms with Crippen molar-refractivity contribution in [2.24, 2.45) is 0 Å². The van der Waals surface area contributed by atoms with Crippen molar-refractivity contribution in [3.05, 3.63) is 103 Å². The summed E-state index contributed by atoms with van der Waals surface area (Å²) in [6, 6.07) is 18.2. The van der Waals surface area contributed by atoms with Gasteiger partial charge in [-0.25, -0.2) is 0 Å². The van der Waals surface area contributed by atoms with Crippen LogP contribution in [0.25, 0.3) is 593 Å². The number of unbranched alkanes of at least 4 members (excludes halogenated alkanes) is 6. The summed E-state index contributed by atoms with van der Waals surface area (Å²) in [5, 5.41) is 182. The number of fused-ring (bicyclic) bond motifs is 3. The van der Waals surface area contributed by atoms with E-state index in [4.69, 9.17) is 0 Å². The predicted molar refractivity (Wildman–Crippen MR) is 618 cm³/mol. The van der Waals surface area contributed by atoms with Crippen LogP contribution >= 0.6 is 0 Å². The summed E-state index contributed by atoms with van der Waals surface area (Å²) in [4.78, 5) is 0. The topological polar surface area (TPSA) is 0 Å². The van der Waals surface area contributed by atoms with Crippen LogP contribution in [0.5, 0.6) is 0 Å². The highest BCUT2D eigenvalue weighted by atomic mass is 14.7. The van der Waals surface area contributed by atoms with Gasteiger partial charge in [0.1, 0.15) is 0 Å². The summed E-state index contributed by atoms with van der Waals surface area (Å²) in [5.74, 6) is 0.219. The maximum absolute atomic E-state index is 3.20. The lowest BCUT2D eigenvalue weighted by Gasteiger charge is -2.46. The number of rotatable bonds is 12. The molecule has 145 heavy (non-hydrogen) atoms. The molecule has 9 aliphatic rings. The molecule has 0 heteroatoms. The summed E-state index contributed by atoms with van der Waals surface area (Å²) in [6.07, 6.45) is 12.4. The monoisotopic (exact) mass is 1770 g/mol. The molecule has 0 bridgehead atoms. The van der Waals surface area contributed by atoms with E-state index < -0.39 is 10.8 Å². The summed E-state index contributed by atoms with van der Waals surface area (Å²) < 4.78 is 0. The molecule has 614 valence electrons. The fourth-order valence-electron chi connectivity index (χ4n) is 52.6. The quantitative estimate of drug-likeness (QED) is 0.0845. The number of benzene rings is 38. The van der Waals surface area contributed by atoms with E-state index in [1.54, 1.807) is 660 Å². The first-order chi connectivity index (χ1) is 72.3. The minimum atomic E-state index is -0.528. The first-order valence-electron chi connectivity index (χ1n) is 56.1. The highest BCUT2D eigenvalue weighted by molar-refractivity contribution is 6.88. The van der Waals surface area contributed by atoms with Crippen LogP contribution in [0.15, 0.2) is 36.4 Å². The van der Waals surface area contributed by atoms with Crippen molar-refractivity contribution in [1.82, 2.24) is 0 Å². The van der Waals surface area contributed by atoms with E-state index >= 15 is 0 Å². The Bertz CT molecular complexity index is 15400. The Labute approximate surface area is 795 Å². The predicted octanol–water partition coefficient (Wildman–Crippen LogP) is 40.9. The van der Waals surface area contributed by atoms with Crippen molar-refractivity contribution in [2.45, 2.75) is 106 Å². The molecule has 0 radical (unpaired) electrons. The van der Waals surface area contributed by atoms with Gasteiger partial charge in [0.2, 0.25) is 0 Å². The lowest BCUT2D eigenvalue weighted by Crippen LogP contribution is -2.39. The molecule has 0 spiro atoms. The van der Waals surface area contributed by atoms with Crippen molar-refractivity contribution < 1.29 is 0 Å². The van der Waals surface area contributed by atoms with Crippen molar-refractivity contribution in [3.8, 4) is 11.1 Å². The van der Waals surface area contributed by atoms with Crippen LogP contribution in [0.2, 0.25) is 0 Å². The molecule has 0 aliphatic heterocycles. The van der Waals surface area contributed by atoms with E-state index in [0.717, 1.165) is 0 Å². The van der Waals surface area contributed by atoms with Gasteiger partial charge in [-0.2, -0.15) is 0 Å². The Morgan fingerprint density at radius 2 is 0.276 bits per heavy atom. The average Bonchev–Trinajstić information content (AvgIpc) is 1.39. The van der Waals surface area contributed by atoms with E-state index in [0.29, 0.717) is 0 Å². The van der Waals surface area contributed by atoms with E-state index in [1.807, 2.05) is 0 Å². The van der Waals surface area contributed by atoms with Gasteiger partial charge in [0, 0.05) is 17.3 Å². The van der Waals surface area contributed by atoms with Crippen molar-refractivity contribution in [3.63, 3.8) is 0 Å². The average molecular weight is 1780 g/mol. The zero-order chi connectivity index (χ0) is 86.4. The molecule has 0 saturated carbocycles. The van der Waals surface area contributed by atoms with E-state index in [2.05, 4.69) is 50.2 Å². The van der Waals surface area contributed by atoms with E-state index in [1.165, 1.54) is 64.2 Å². The van der Waals surface area contributed by atoms with Crippen LogP contribution in [-0.4, -0.2) is 0 Å². The Morgan fingerprint density at radius 1 is 0.145 bits per heavy atom. The Hall–Kier alpha value is -16.6. The van der Waals surface area contributed by atoms with Gasteiger partial charge in [0.05, 0.1) is 10.8 Å². The maximum Gasteiger partial charge on any atom is 0.0586 e.